The van der Waals surface area contributed by atoms with Gasteiger partial charge < -0.3 is 4.74 Å². The molecule has 2 heteroatoms. The maximum Gasteiger partial charge on any atom is 0.306 e. The van der Waals surface area contributed by atoms with E-state index in [0.717, 1.165) is 12.3 Å². The van der Waals surface area contributed by atoms with Crippen molar-refractivity contribution in [3.05, 3.63) is 0 Å². The van der Waals surface area contributed by atoms with Crippen molar-refractivity contribution in [1.82, 2.24) is 0 Å². The van der Waals surface area contributed by atoms with Crippen LogP contribution in [0.5, 0.6) is 0 Å². The Balaban J connectivity index is 1.97. The highest BCUT2D eigenvalue weighted by Gasteiger charge is 2.62. The second-order valence-electron chi connectivity index (χ2n) is 9.06. The third-order valence-electron chi connectivity index (χ3n) is 6.94. The average Bonchev–Trinajstić information content (AvgIpc) is 2.60. The summed E-state index contributed by atoms with van der Waals surface area (Å²) in [5.41, 5.74) is 0.656. The number of carbonyl (C=O) groups is 1. The van der Waals surface area contributed by atoms with Gasteiger partial charge in [-0.05, 0) is 41.9 Å². The predicted molar refractivity (Wildman–Crippen MR) is 82.3 cm³/mol. The van der Waals surface area contributed by atoms with Gasteiger partial charge in [0.15, 0.2) is 0 Å². The predicted octanol–water partition coefficient (Wildman–Crippen LogP) is 4.82. The summed E-state index contributed by atoms with van der Waals surface area (Å²) in [6.45, 7) is 15.7. The monoisotopic (exact) mass is 280 g/mol. The first-order valence-electron chi connectivity index (χ1n) is 8.18. The van der Waals surface area contributed by atoms with Crippen molar-refractivity contribution >= 4 is 5.97 Å². The highest BCUT2D eigenvalue weighted by atomic mass is 16.5. The number of carbonyl (C=O) groups excluding carboxylic acids is 1. The minimum atomic E-state index is 0.00185. The minimum absolute atomic E-state index is 0.00185. The molecule has 2 rings (SSSR count). The van der Waals surface area contributed by atoms with Gasteiger partial charge >= 0.3 is 5.97 Å². The fourth-order valence-electron chi connectivity index (χ4n) is 4.07. The standard InChI is InChI=1S/C18H32O2/c1-12(16(2,3)4)10-15(19)20-14-11-13-8-9-18(14,7)17(13,5)6/h12-14H,8-11H2,1-7H3. The fourth-order valence-corrected chi connectivity index (χ4v) is 4.07. The third kappa shape index (κ3) is 2.40. The van der Waals surface area contributed by atoms with Crippen molar-refractivity contribution in [2.75, 3.05) is 0 Å². The molecule has 0 aromatic rings. The molecule has 0 amide bonds. The lowest BCUT2D eigenvalue weighted by Gasteiger charge is -2.38. The van der Waals surface area contributed by atoms with Crippen molar-refractivity contribution in [2.45, 2.75) is 80.3 Å². The number of ether oxygens (including phenoxy) is 1. The van der Waals surface area contributed by atoms with E-state index in [1.165, 1.54) is 12.8 Å². The molecule has 2 nitrogen and oxygen atoms in total. The van der Waals surface area contributed by atoms with E-state index in [1.54, 1.807) is 0 Å². The van der Waals surface area contributed by atoms with Gasteiger partial charge in [-0.2, -0.15) is 0 Å². The molecule has 0 radical (unpaired) electrons. The SMILES string of the molecule is CC(CC(=O)OC1CC2CCC1(C)C2(C)C)C(C)(C)C. The molecule has 0 aromatic heterocycles. The summed E-state index contributed by atoms with van der Waals surface area (Å²) < 4.78 is 5.91. The van der Waals surface area contributed by atoms with Crippen LogP contribution in [0, 0.1) is 28.1 Å². The van der Waals surface area contributed by atoms with Crippen LogP contribution in [0.1, 0.15) is 74.1 Å². The van der Waals surface area contributed by atoms with E-state index in [4.69, 9.17) is 4.74 Å². The lowest BCUT2D eigenvalue weighted by atomic mass is 9.70. The van der Waals surface area contributed by atoms with Crippen LogP contribution >= 0.6 is 0 Å². The molecular formula is C18H32O2. The highest BCUT2D eigenvalue weighted by Crippen LogP contribution is 2.66. The summed E-state index contributed by atoms with van der Waals surface area (Å²) in [6.07, 6.45) is 4.25. The summed E-state index contributed by atoms with van der Waals surface area (Å²) in [4.78, 5) is 12.3. The largest absolute Gasteiger partial charge is 0.462 e. The molecule has 0 saturated heterocycles. The number of fused-ring (bicyclic) bond motifs is 2. The molecule has 2 bridgehead atoms. The minimum Gasteiger partial charge on any atom is -0.462 e. The van der Waals surface area contributed by atoms with Gasteiger partial charge in [-0.15, -0.1) is 0 Å². The molecule has 4 unspecified atom stereocenters. The highest BCUT2D eigenvalue weighted by molar-refractivity contribution is 5.70. The maximum atomic E-state index is 12.3. The molecule has 2 fully saturated rings. The quantitative estimate of drug-likeness (QED) is 0.693. The number of hydrogen-bond acceptors (Lipinski definition) is 2. The Morgan fingerprint density at radius 1 is 1.30 bits per heavy atom. The second kappa shape index (κ2) is 4.74. The van der Waals surface area contributed by atoms with E-state index in [1.807, 2.05) is 0 Å². The number of rotatable bonds is 3. The van der Waals surface area contributed by atoms with Gasteiger partial charge in [0.1, 0.15) is 6.10 Å². The molecule has 2 aliphatic rings. The Bertz CT molecular complexity index is 391. The first kappa shape index (κ1) is 15.9. The lowest BCUT2D eigenvalue weighted by Crippen LogP contribution is -2.38. The maximum absolute atomic E-state index is 12.3. The fraction of sp³-hybridized carbons (Fsp3) is 0.944. The van der Waals surface area contributed by atoms with Crippen LogP contribution in [0.15, 0.2) is 0 Å². The molecular weight excluding hydrogens is 248 g/mol. The van der Waals surface area contributed by atoms with Crippen LogP contribution in [0.3, 0.4) is 0 Å². The zero-order valence-electron chi connectivity index (χ0n) is 14.4. The Labute approximate surface area is 124 Å². The molecule has 0 N–H and O–H groups in total. The van der Waals surface area contributed by atoms with E-state index in [9.17, 15) is 4.79 Å². The second-order valence-corrected chi connectivity index (χ2v) is 9.06. The van der Waals surface area contributed by atoms with Crippen molar-refractivity contribution in [3.8, 4) is 0 Å². The molecule has 2 aliphatic carbocycles. The Kier molecular flexibility index (Phi) is 3.76. The summed E-state index contributed by atoms with van der Waals surface area (Å²) >= 11 is 0. The topological polar surface area (TPSA) is 26.3 Å². The van der Waals surface area contributed by atoms with Gasteiger partial charge in [-0.1, -0.05) is 48.5 Å². The van der Waals surface area contributed by atoms with Crippen molar-refractivity contribution in [3.63, 3.8) is 0 Å². The van der Waals surface area contributed by atoms with E-state index in [0.29, 0.717) is 17.8 Å². The van der Waals surface area contributed by atoms with E-state index < -0.39 is 0 Å². The summed E-state index contributed by atoms with van der Waals surface area (Å²) in [5.74, 6) is 1.08. The van der Waals surface area contributed by atoms with Crippen LogP contribution in [0.4, 0.5) is 0 Å². The van der Waals surface area contributed by atoms with Crippen LogP contribution < -0.4 is 0 Å². The van der Waals surface area contributed by atoms with Gasteiger partial charge in [0, 0.05) is 11.8 Å². The molecule has 0 aromatic carbocycles. The summed E-state index contributed by atoms with van der Waals surface area (Å²) in [6, 6.07) is 0. The van der Waals surface area contributed by atoms with Gasteiger partial charge in [-0.3, -0.25) is 4.79 Å². The summed E-state index contributed by atoms with van der Waals surface area (Å²) in [7, 11) is 0. The van der Waals surface area contributed by atoms with Gasteiger partial charge in [0.05, 0.1) is 0 Å². The molecule has 4 atom stereocenters. The van der Waals surface area contributed by atoms with Gasteiger partial charge in [-0.25, -0.2) is 0 Å². The first-order valence-corrected chi connectivity index (χ1v) is 8.18. The van der Waals surface area contributed by atoms with Crippen LogP contribution in [0.25, 0.3) is 0 Å². The lowest BCUT2D eigenvalue weighted by molar-refractivity contribution is -0.158. The number of hydrogen-bond donors (Lipinski definition) is 0. The smallest absolute Gasteiger partial charge is 0.306 e. The molecule has 116 valence electrons. The van der Waals surface area contributed by atoms with E-state index in [-0.39, 0.29) is 22.9 Å². The van der Waals surface area contributed by atoms with Crippen LogP contribution in [-0.4, -0.2) is 12.1 Å². The molecule has 0 spiro atoms. The average molecular weight is 280 g/mol. The van der Waals surface area contributed by atoms with E-state index in [2.05, 4.69) is 48.5 Å². The van der Waals surface area contributed by atoms with Gasteiger partial charge in [0.2, 0.25) is 0 Å². The summed E-state index contributed by atoms with van der Waals surface area (Å²) in [5, 5.41) is 0. The van der Waals surface area contributed by atoms with Crippen molar-refractivity contribution in [1.29, 1.82) is 0 Å². The Morgan fingerprint density at radius 3 is 2.30 bits per heavy atom. The molecule has 20 heavy (non-hydrogen) atoms. The van der Waals surface area contributed by atoms with E-state index >= 15 is 0 Å². The van der Waals surface area contributed by atoms with Gasteiger partial charge in [0.25, 0.3) is 0 Å². The molecule has 0 aliphatic heterocycles. The number of esters is 1. The first-order chi connectivity index (χ1) is 8.98. The Hall–Kier alpha value is -0.530. The normalized spacial score (nSPS) is 37.0. The molecule has 2 saturated carbocycles. The zero-order valence-corrected chi connectivity index (χ0v) is 14.4. The van der Waals surface area contributed by atoms with Crippen LogP contribution in [-0.2, 0) is 9.53 Å². The third-order valence-corrected chi connectivity index (χ3v) is 6.94. The van der Waals surface area contributed by atoms with Crippen molar-refractivity contribution < 1.29 is 9.53 Å². The zero-order chi connectivity index (χ0) is 15.3. The Morgan fingerprint density at radius 2 is 1.90 bits per heavy atom. The molecule has 0 heterocycles. The van der Waals surface area contributed by atoms with Crippen molar-refractivity contribution in [2.24, 2.45) is 28.1 Å². The van der Waals surface area contributed by atoms with Crippen LogP contribution in [0.2, 0.25) is 0 Å².